The molecule has 1 N–H and O–H groups in total. The lowest BCUT2D eigenvalue weighted by atomic mass is 9.91. The number of anilines is 1. The maximum atomic E-state index is 4.90. The van der Waals surface area contributed by atoms with Crippen LogP contribution in [0.1, 0.15) is 78.2 Å². The molecule has 0 saturated heterocycles. The number of halogens is 1. The summed E-state index contributed by atoms with van der Waals surface area (Å²) in [5, 5.41) is 3.46. The van der Waals surface area contributed by atoms with Crippen LogP contribution in [0.3, 0.4) is 0 Å². The monoisotopic (exact) mass is 389 g/mol. The number of aromatic nitrogens is 2. The molecule has 0 amide bonds. The topological polar surface area (TPSA) is 37.8 Å². The Bertz CT molecular complexity index is 434. The molecule has 20 heavy (non-hydrogen) atoms. The van der Waals surface area contributed by atoms with E-state index in [0.717, 1.165) is 43.1 Å². The highest BCUT2D eigenvalue weighted by Gasteiger charge is 2.24. The molecule has 0 aromatic carbocycles. The van der Waals surface area contributed by atoms with E-state index >= 15 is 0 Å². The number of nitrogens with one attached hydrogen (secondary N) is 1. The molecule has 0 aliphatic carbocycles. The number of rotatable bonds is 6. The van der Waals surface area contributed by atoms with Gasteiger partial charge in [-0.3, -0.25) is 0 Å². The summed E-state index contributed by atoms with van der Waals surface area (Å²) in [6.07, 6.45) is 3.28. The van der Waals surface area contributed by atoms with Crippen LogP contribution in [0.2, 0.25) is 0 Å². The predicted octanol–water partition coefficient (Wildman–Crippen LogP) is 5.10. The molecular weight excluding hydrogens is 361 g/mol. The van der Waals surface area contributed by atoms with E-state index in [4.69, 9.17) is 9.97 Å². The Morgan fingerprint density at radius 1 is 1.10 bits per heavy atom. The van der Waals surface area contributed by atoms with Crippen molar-refractivity contribution in [1.82, 2.24) is 9.97 Å². The van der Waals surface area contributed by atoms with Crippen LogP contribution in [0.4, 0.5) is 5.82 Å². The smallest absolute Gasteiger partial charge is 0.143 e. The summed E-state index contributed by atoms with van der Waals surface area (Å²) in [6, 6.07) is 0. The van der Waals surface area contributed by atoms with E-state index in [2.05, 4.69) is 69.5 Å². The van der Waals surface area contributed by atoms with Crippen LogP contribution in [0, 0.1) is 3.57 Å². The summed E-state index contributed by atoms with van der Waals surface area (Å²) in [6.45, 7) is 14.2. The number of nitrogens with zero attached hydrogens (tertiary/aromatic N) is 2. The third kappa shape index (κ3) is 4.30. The maximum Gasteiger partial charge on any atom is 0.143 e. The third-order valence-corrected chi connectivity index (χ3v) is 4.49. The molecule has 3 nitrogen and oxygen atoms in total. The molecule has 1 aromatic heterocycles. The molecule has 0 saturated carbocycles. The largest absolute Gasteiger partial charge is 0.369 e. The highest BCUT2D eigenvalue weighted by atomic mass is 127. The third-order valence-electron chi connectivity index (χ3n) is 3.47. The normalized spacial score (nSPS) is 12.0. The van der Waals surface area contributed by atoms with Gasteiger partial charge in [0.15, 0.2) is 0 Å². The minimum atomic E-state index is 0.0445. The maximum absolute atomic E-state index is 4.90. The van der Waals surface area contributed by atoms with Crippen molar-refractivity contribution in [2.45, 2.75) is 72.1 Å². The van der Waals surface area contributed by atoms with Crippen LogP contribution in [0.15, 0.2) is 0 Å². The molecule has 0 spiro atoms. The molecule has 0 radical (unpaired) electrons. The summed E-state index contributed by atoms with van der Waals surface area (Å²) >= 11 is 2.38. The van der Waals surface area contributed by atoms with Crippen molar-refractivity contribution in [1.29, 1.82) is 0 Å². The van der Waals surface area contributed by atoms with Crippen molar-refractivity contribution >= 4 is 28.4 Å². The second kappa shape index (κ2) is 7.57. The van der Waals surface area contributed by atoms with E-state index in [0.29, 0.717) is 5.92 Å². The standard InChI is InChI=1S/C16H28IN3/c1-7-10-18-15-12(17)13(16(4,5)6)19-14(20-15)11(8-2)9-3/h11H,7-10H2,1-6H3,(H,18,19,20). The molecule has 1 heterocycles. The fourth-order valence-corrected chi connectivity index (χ4v) is 3.40. The van der Waals surface area contributed by atoms with Gasteiger partial charge < -0.3 is 5.32 Å². The quantitative estimate of drug-likeness (QED) is 0.688. The van der Waals surface area contributed by atoms with Crippen molar-refractivity contribution in [3.63, 3.8) is 0 Å². The molecule has 1 aromatic rings. The molecule has 0 aliphatic rings. The second-order valence-electron chi connectivity index (χ2n) is 6.28. The van der Waals surface area contributed by atoms with Gasteiger partial charge in [0.05, 0.1) is 9.26 Å². The van der Waals surface area contributed by atoms with Crippen molar-refractivity contribution in [3.8, 4) is 0 Å². The summed E-state index contributed by atoms with van der Waals surface area (Å²) in [5.74, 6) is 2.46. The van der Waals surface area contributed by atoms with E-state index in [1.165, 1.54) is 3.57 Å². The highest BCUT2D eigenvalue weighted by Crippen LogP contribution is 2.32. The van der Waals surface area contributed by atoms with Gasteiger partial charge in [0, 0.05) is 17.9 Å². The average Bonchev–Trinajstić information content (AvgIpc) is 2.38. The number of hydrogen-bond acceptors (Lipinski definition) is 3. The van der Waals surface area contributed by atoms with Crippen LogP contribution in [0.25, 0.3) is 0 Å². The highest BCUT2D eigenvalue weighted by molar-refractivity contribution is 14.1. The van der Waals surface area contributed by atoms with Crippen molar-refractivity contribution in [3.05, 3.63) is 15.1 Å². The second-order valence-corrected chi connectivity index (χ2v) is 7.36. The summed E-state index contributed by atoms with van der Waals surface area (Å²) in [7, 11) is 0. The first kappa shape index (κ1) is 17.7. The Balaban J connectivity index is 3.33. The van der Waals surface area contributed by atoms with Crippen LogP contribution in [-0.4, -0.2) is 16.5 Å². The van der Waals surface area contributed by atoms with Gasteiger partial charge >= 0.3 is 0 Å². The summed E-state index contributed by atoms with van der Waals surface area (Å²) in [4.78, 5) is 9.69. The van der Waals surface area contributed by atoms with E-state index in [1.54, 1.807) is 0 Å². The Labute approximate surface area is 137 Å². The molecule has 0 fully saturated rings. The van der Waals surface area contributed by atoms with Gasteiger partial charge in [0.25, 0.3) is 0 Å². The van der Waals surface area contributed by atoms with Crippen LogP contribution >= 0.6 is 22.6 Å². The molecule has 4 heteroatoms. The molecule has 0 aliphatic heterocycles. The Kier molecular flexibility index (Phi) is 6.69. The predicted molar refractivity (Wildman–Crippen MR) is 95.6 cm³/mol. The van der Waals surface area contributed by atoms with Gasteiger partial charge in [0.1, 0.15) is 11.6 Å². The minimum absolute atomic E-state index is 0.0445. The molecule has 0 atom stereocenters. The number of hydrogen-bond donors (Lipinski definition) is 1. The van der Waals surface area contributed by atoms with Gasteiger partial charge in [0.2, 0.25) is 0 Å². The van der Waals surface area contributed by atoms with Crippen molar-refractivity contribution in [2.24, 2.45) is 0 Å². The first-order valence-corrected chi connectivity index (χ1v) is 8.74. The van der Waals surface area contributed by atoms with E-state index in [9.17, 15) is 0 Å². The lowest BCUT2D eigenvalue weighted by molar-refractivity contribution is 0.538. The fraction of sp³-hybridized carbons (Fsp3) is 0.750. The van der Waals surface area contributed by atoms with E-state index in [1.807, 2.05) is 0 Å². The summed E-state index contributed by atoms with van der Waals surface area (Å²) < 4.78 is 1.17. The van der Waals surface area contributed by atoms with Crippen molar-refractivity contribution in [2.75, 3.05) is 11.9 Å². The van der Waals surface area contributed by atoms with Crippen LogP contribution < -0.4 is 5.32 Å². The van der Waals surface area contributed by atoms with Crippen LogP contribution in [-0.2, 0) is 5.41 Å². The Morgan fingerprint density at radius 3 is 2.15 bits per heavy atom. The zero-order valence-corrected chi connectivity index (χ0v) is 15.8. The fourth-order valence-electron chi connectivity index (χ4n) is 2.16. The zero-order valence-electron chi connectivity index (χ0n) is 13.7. The Morgan fingerprint density at radius 2 is 1.70 bits per heavy atom. The first-order valence-electron chi connectivity index (χ1n) is 7.66. The average molecular weight is 389 g/mol. The van der Waals surface area contributed by atoms with Gasteiger partial charge in [-0.1, -0.05) is 41.5 Å². The van der Waals surface area contributed by atoms with E-state index < -0.39 is 0 Å². The zero-order chi connectivity index (χ0) is 15.3. The lowest BCUT2D eigenvalue weighted by Crippen LogP contribution is -2.21. The van der Waals surface area contributed by atoms with Gasteiger partial charge in [-0.05, 0) is 41.9 Å². The van der Waals surface area contributed by atoms with Gasteiger partial charge in [-0.2, -0.15) is 0 Å². The lowest BCUT2D eigenvalue weighted by Gasteiger charge is -2.24. The molecule has 0 bridgehead atoms. The van der Waals surface area contributed by atoms with Gasteiger partial charge in [-0.15, -0.1) is 0 Å². The molecule has 0 unspecified atom stereocenters. The van der Waals surface area contributed by atoms with E-state index in [-0.39, 0.29) is 5.41 Å². The van der Waals surface area contributed by atoms with Gasteiger partial charge in [-0.25, -0.2) is 9.97 Å². The summed E-state index contributed by atoms with van der Waals surface area (Å²) in [5.41, 5.74) is 1.21. The molecule has 1 rings (SSSR count). The molecule has 114 valence electrons. The first-order chi connectivity index (χ1) is 9.35. The Hall–Kier alpha value is -0.390. The van der Waals surface area contributed by atoms with Crippen molar-refractivity contribution < 1.29 is 0 Å². The molecular formula is C16H28IN3. The minimum Gasteiger partial charge on any atom is -0.369 e. The van der Waals surface area contributed by atoms with Crippen LogP contribution in [0.5, 0.6) is 0 Å². The SMILES string of the molecule is CCCNc1nc(C(CC)CC)nc(C(C)(C)C)c1I.